The summed E-state index contributed by atoms with van der Waals surface area (Å²) in [6, 6.07) is 7.64. The Labute approximate surface area is 121 Å². The average molecular weight is 278 g/mol. The normalized spacial score (nSPS) is 12.8. The topological polar surface area (TPSA) is 52.6 Å². The van der Waals surface area contributed by atoms with Crippen molar-refractivity contribution in [2.24, 2.45) is 5.92 Å². The van der Waals surface area contributed by atoms with Crippen molar-refractivity contribution in [2.75, 3.05) is 20.6 Å². The highest BCUT2D eigenvalue weighted by molar-refractivity contribution is 5.94. The third-order valence-corrected chi connectivity index (χ3v) is 3.18. The van der Waals surface area contributed by atoms with Gasteiger partial charge in [-0.2, -0.15) is 0 Å². The van der Waals surface area contributed by atoms with Crippen LogP contribution in [-0.4, -0.2) is 42.7 Å². The summed E-state index contributed by atoms with van der Waals surface area (Å²) in [6.45, 7) is 5.25. The minimum Gasteiger partial charge on any atom is -0.393 e. The second kappa shape index (κ2) is 8.02. The Kier molecular flexibility index (Phi) is 6.68. The summed E-state index contributed by atoms with van der Waals surface area (Å²) in [5.74, 6) is 0.136. The van der Waals surface area contributed by atoms with E-state index in [0.717, 1.165) is 12.1 Å². The number of hydrogen-bond acceptors (Lipinski definition) is 3. The first-order valence-electron chi connectivity index (χ1n) is 7.10. The maximum absolute atomic E-state index is 12.0. The molecule has 0 radical (unpaired) electrons. The van der Waals surface area contributed by atoms with E-state index in [1.165, 1.54) is 0 Å². The lowest BCUT2D eigenvalue weighted by molar-refractivity contribution is 0.0920. The molecule has 0 aliphatic rings. The Bertz CT molecular complexity index is 430. The number of aliphatic hydroxyl groups is 1. The molecule has 0 aliphatic carbocycles. The summed E-state index contributed by atoms with van der Waals surface area (Å²) < 4.78 is 0. The summed E-state index contributed by atoms with van der Waals surface area (Å²) in [5, 5.41) is 12.5. The van der Waals surface area contributed by atoms with E-state index in [1.54, 1.807) is 0 Å². The van der Waals surface area contributed by atoms with Gasteiger partial charge in [-0.25, -0.2) is 0 Å². The predicted molar refractivity (Wildman–Crippen MR) is 81.6 cm³/mol. The molecule has 0 aliphatic heterocycles. The van der Waals surface area contributed by atoms with Gasteiger partial charge in [0.1, 0.15) is 0 Å². The van der Waals surface area contributed by atoms with Crippen LogP contribution in [0.4, 0.5) is 0 Å². The summed E-state index contributed by atoms with van der Waals surface area (Å²) in [4.78, 5) is 14.1. The van der Waals surface area contributed by atoms with Gasteiger partial charge >= 0.3 is 0 Å². The predicted octanol–water partition coefficient (Wildman–Crippen LogP) is 1.89. The first kappa shape index (κ1) is 16.7. The van der Waals surface area contributed by atoms with Crippen LogP contribution in [0.1, 0.15) is 36.2 Å². The van der Waals surface area contributed by atoms with E-state index in [9.17, 15) is 9.90 Å². The van der Waals surface area contributed by atoms with Crippen molar-refractivity contribution in [1.82, 2.24) is 10.2 Å². The molecule has 0 aromatic heterocycles. The first-order valence-corrected chi connectivity index (χ1v) is 7.10. The van der Waals surface area contributed by atoms with Gasteiger partial charge in [0, 0.05) is 18.7 Å². The van der Waals surface area contributed by atoms with Gasteiger partial charge in [-0.15, -0.1) is 0 Å². The summed E-state index contributed by atoms with van der Waals surface area (Å²) in [7, 11) is 4.00. The molecule has 0 heterocycles. The Morgan fingerprint density at radius 1 is 1.35 bits per heavy atom. The van der Waals surface area contributed by atoms with Crippen LogP contribution in [0.3, 0.4) is 0 Å². The molecular weight excluding hydrogens is 252 g/mol. The molecule has 1 rings (SSSR count). The molecule has 0 spiro atoms. The van der Waals surface area contributed by atoms with Crippen LogP contribution in [0.2, 0.25) is 0 Å². The molecule has 1 aromatic rings. The molecule has 1 unspecified atom stereocenters. The SMILES string of the molecule is CC(C)C(O)CCNC(=O)c1cccc(CN(C)C)c1. The van der Waals surface area contributed by atoms with Crippen LogP contribution in [0.15, 0.2) is 24.3 Å². The smallest absolute Gasteiger partial charge is 0.251 e. The fourth-order valence-corrected chi connectivity index (χ4v) is 1.95. The number of benzene rings is 1. The Hall–Kier alpha value is -1.39. The molecule has 4 nitrogen and oxygen atoms in total. The largest absolute Gasteiger partial charge is 0.393 e. The van der Waals surface area contributed by atoms with E-state index >= 15 is 0 Å². The van der Waals surface area contributed by atoms with E-state index < -0.39 is 0 Å². The average Bonchev–Trinajstić information content (AvgIpc) is 2.37. The molecule has 20 heavy (non-hydrogen) atoms. The highest BCUT2D eigenvalue weighted by Crippen LogP contribution is 2.08. The monoisotopic (exact) mass is 278 g/mol. The van der Waals surface area contributed by atoms with Crippen LogP contribution in [0.5, 0.6) is 0 Å². The molecule has 0 fully saturated rings. The van der Waals surface area contributed by atoms with Gasteiger partial charge in [0.05, 0.1) is 6.10 Å². The van der Waals surface area contributed by atoms with E-state index in [1.807, 2.05) is 52.2 Å². The van der Waals surface area contributed by atoms with Crippen LogP contribution < -0.4 is 5.32 Å². The number of rotatable bonds is 7. The fourth-order valence-electron chi connectivity index (χ4n) is 1.95. The number of nitrogens with one attached hydrogen (secondary N) is 1. The number of amides is 1. The van der Waals surface area contributed by atoms with Crippen molar-refractivity contribution in [3.8, 4) is 0 Å². The lowest BCUT2D eigenvalue weighted by Gasteiger charge is -2.15. The van der Waals surface area contributed by atoms with Gasteiger partial charge in [-0.1, -0.05) is 26.0 Å². The van der Waals surface area contributed by atoms with Crippen molar-refractivity contribution in [1.29, 1.82) is 0 Å². The van der Waals surface area contributed by atoms with Crippen molar-refractivity contribution < 1.29 is 9.90 Å². The molecule has 4 heteroatoms. The molecule has 112 valence electrons. The third-order valence-electron chi connectivity index (χ3n) is 3.18. The van der Waals surface area contributed by atoms with Gasteiger partial charge in [-0.05, 0) is 44.1 Å². The Balaban J connectivity index is 2.51. The van der Waals surface area contributed by atoms with Crippen LogP contribution in [-0.2, 0) is 6.54 Å². The molecule has 1 atom stereocenters. The first-order chi connectivity index (χ1) is 9.40. The number of nitrogens with zero attached hydrogens (tertiary/aromatic N) is 1. The van der Waals surface area contributed by atoms with E-state index in [0.29, 0.717) is 18.5 Å². The van der Waals surface area contributed by atoms with Crippen molar-refractivity contribution in [3.05, 3.63) is 35.4 Å². The maximum atomic E-state index is 12.0. The zero-order valence-corrected chi connectivity index (χ0v) is 12.9. The minimum absolute atomic E-state index is 0.0819. The minimum atomic E-state index is -0.365. The van der Waals surface area contributed by atoms with Gasteiger partial charge < -0.3 is 15.3 Å². The number of carbonyl (C=O) groups is 1. The Morgan fingerprint density at radius 3 is 2.65 bits per heavy atom. The highest BCUT2D eigenvalue weighted by atomic mass is 16.3. The van der Waals surface area contributed by atoms with E-state index in [2.05, 4.69) is 10.2 Å². The number of aliphatic hydroxyl groups excluding tert-OH is 1. The quantitative estimate of drug-likeness (QED) is 0.801. The lowest BCUT2D eigenvalue weighted by atomic mass is 10.0. The molecule has 0 saturated heterocycles. The van der Waals surface area contributed by atoms with Crippen LogP contribution in [0.25, 0.3) is 0 Å². The Morgan fingerprint density at radius 2 is 2.05 bits per heavy atom. The summed E-state index contributed by atoms with van der Waals surface area (Å²) >= 11 is 0. The number of hydrogen-bond donors (Lipinski definition) is 2. The summed E-state index contributed by atoms with van der Waals surface area (Å²) in [5.41, 5.74) is 1.79. The van der Waals surface area contributed by atoms with E-state index in [-0.39, 0.29) is 17.9 Å². The van der Waals surface area contributed by atoms with Gasteiger partial charge in [0.25, 0.3) is 5.91 Å². The van der Waals surface area contributed by atoms with Gasteiger partial charge in [0.15, 0.2) is 0 Å². The standard InChI is InChI=1S/C16H26N2O2/c1-12(2)15(19)8-9-17-16(20)14-7-5-6-13(10-14)11-18(3)4/h5-7,10,12,15,19H,8-9,11H2,1-4H3,(H,17,20). The van der Waals surface area contributed by atoms with Crippen molar-refractivity contribution in [3.63, 3.8) is 0 Å². The molecular formula is C16H26N2O2. The van der Waals surface area contributed by atoms with Crippen molar-refractivity contribution >= 4 is 5.91 Å². The third kappa shape index (κ3) is 5.72. The number of carbonyl (C=O) groups excluding carboxylic acids is 1. The lowest BCUT2D eigenvalue weighted by Crippen LogP contribution is -2.28. The van der Waals surface area contributed by atoms with Gasteiger partial charge in [0.2, 0.25) is 0 Å². The summed E-state index contributed by atoms with van der Waals surface area (Å²) in [6.07, 6.45) is 0.219. The molecule has 1 aromatic carbocycles. The zero-order chi connectivity index (χ0) is 15.1. The maximum Gasteiger partial charge on any atom is 0.251 e. The molecule has 2 N–H and O–H groups in total. The van der Waals surface area contributed by atoms with E-state index in [4.69, 9.17) is 0 Å². The van der Waals surface area contributed by atoms with Crippen molar-refractivity contribution in [2.45, 2.75) is 32.9 Å². The van der Waals surface area contributed by atoms with Gasteiger partial charge in [-0.3, -0.25) is 4.79 Å². The van der Waals surface area contributed by atoms with Crippen LogP contribution >= 0.6 is 0 Å². The second-order valence-corrected chi connectivity index (χ2v) is 5.79. The molecule has 0 bridgehead atoms. The fraction of sp³-hybridized carbons (Fsp3) is 0.562. The molecule has 1 amide bonds. The molecule has 0 saturated carbocycles. The second-order valence-electron chi connectivity index (χ2n) is 5.79. The highest BCUT2D eigenvalue weighted by Gasteiger charge is 2.10. The van der Waals surface area contributed by atoms with Crippen LogP contribution in [0, 0.1) is 5.92 Å². The zero-order valence-electron chi connectivity index (χ0n) is 12.9.